The summed E-state index contributed by atoms with van der Waals surface area (Å²) in [6.07, 6.45) is 2.17. The lowest BCUT2D eigenvalue weighted by molar-refractivity contribution is 0.0600. The van der Waals surface area contributed by atoms with Crippen molar-refractivity contribution in [3.63, 3.8) is 0 Å². The van der Waals surface area contributed by atoms with E-state index in [0.717, 1.165) is 35.3 Å². The Labute approximate surface area is 175 Å². The number of aromatic nitrogens is 3. The summed E-state index contributed by atoms with van der Waals surface area (Å²) in [6.45, 7) is 8.12. The summed E-state index contributed by atoms with van der Waals surface area (Å²) in [4.78, 5) is 30.0. The summed E-state index contributed by atoms with van der Waals surface area (Å²) >= 11 is 0. The number of ether oxygens (including phenoxy) is 1. The number of aryl methyl sites for hydroxylation is 1. The molecule has 2 heterocycles. The Morgan fingerprint density at radius 3 is 2.57 bits per heavy atom. The molecule has 7 nitrogen and oxygen atoms in total. The van der Waals surface area contributed by atoms with Crippen molar-refractivity contribution in [2.75, 3.05) is 12.4 Å². The van der Waals surface area contributed by atoms with Gasteiger partial charge in [-0.2, -0.15) is 5.10 Å². The average molecular weight is 406 g/mol. The summed E-state index contributed by atoms with van der Waals surface area (Å²) in [5.41, 5.74) is 3.64. The molecular formula is C23H26N4O3. The van der Waals surface area contributed by atoms with Crippen LogP contribution in [0.1, 0.15) is 71.6 Å². The molecule has 1 N–H and O–H groups in total. The van der Waals surface area contributed by atoms with Gasteiger partial charge in [-0.05, 0) is 64.8 Å². The highest BCUT2D eigenvalue weighted by Crippen LogP contribution is 2.41. The van der Waals surface area contributed by atoms with Crippen molar-refractivity contribution < 1.29 is 14.3 Å². The molecule has 1 fully saturated rings. The largest absolute Gasteiger partial charge is 0.465 e. The first-order valence-electron chi connectivity index (χ1n) is 10.1. The first-order chi connectivity index (χ1) is 14.2. The molecule has 0 radical (unpaired) electrons. The van der Waals surface area contributed by atoms with Gasteiger partial charge in [-0.25, -0.2) is 14.5 Å². The number of fused-ring (bicyclic) bond motifs is 1. The molecule has 3 aromatic rings. The number of esters is 1. The lowest BCUT2D eigenvalue weighted by Gasteiger charge is -2.20. The number of rotatable bonds is 4. The van der Waals surface area contributed by atoms with Crippen molar-refractivity contribution in [2.24, 2.45) is 0 Å². The van der Waals surface area contributed by atoms with Gasteiger partial charge in [0, 0.05) is 17.3 Å². The van der Waals surface area contributed by atoms with Crippen LogP contribution in [0.4, 0.5) is 5.69 Å². The lowest BCUT2D eigenvalue weighted by Crippen LogP contribution is -2.23. The zero-order valence-corrected chi connectivity index (χ0v) is 17.9. The lowest BCUT2D eigenvalue weighted by atomic mass is 10.1. The zero-order chi connectivity index (χ0) is 21.6. The number of pyridine rings is 1. The second-order valence-electron chi connectivity index (χ2n) is 8.76. The molecule has 1 saturated carbocycles. The maximum atomic E-state index is 13.3. The Morgan fingerprint density at radius 1 is 1.20 bits per heavy atom. The van der Waals surface area contributed by atoms with Gasteiger partial charge in [0.2, 0.25) is 0 Å². The second kappa shape index (κ2) is 7.23. The van der Waals surface area contributed by atoms with Crippen LogP contribution in [0.2, 0.25) is 0 Å². The monoisotopic (exact) mass is 406 g/mol. The molecule has 0 aliphatic heterocycles. The standard InChI is InChI=1S/C23H26N4O3/c1-13-19-17(21(28)24-16-8-6-7-15(11-16)22(29)30-5)12-18(14-9-10-14)25-20(19)27(26-13)23(2,3)4/h6-8,11-12,14H,9-10H2,1-5H3,(H,24,28). The van der Waals surface area contributed by atoms with Gasteiger partial charge in [-0.15, -0.1) is 0 Å². The summed E-state index contributed by atoms with van der Waals surface area (Å²) in [7, 11) is 1.33. The Balaban J connectivity index is 1.79. The maximum Gasteiger partial charge on any atom is 0.337 e. The molecule has 1 aromatic carbocycles. The summed E-state index contributed by atoms with van der Waals surface area (Å²) in [5.74, 6) is -0.300. The number of hydrogen-bond acceptors (Lipinski definition) is 5. The highest BCUT2D eigenvalue weighted by molar-refractivity contribution is 6.13. The average Bonchev–Trinajstić information content (AvgIpc) is 3.49. The van der Waals surface area contributed by atoms with Crippen LogP contribution in [0.25, 0.3) is 11.0 Å². The van der Waals surface area contributed by atoms with Crippen LogP contribution < -0.4 is 5.32 Å². The number of nitrogens with one attached hydrogen (secondary N) is 1. The zero-order valence-electron chi connectivity index (χ0n) is 17.9. The minimum Gasteiger partial charge on any atom is -0.465 e. The third-order valence-electron chi connectivity index (χ3n) is 5.25. The van der Waals surface area contributed by atoms with Crippen LogP contribution in [0, 0.1) is 6.92 Å². The first-order valence-corrected chi connectivity index (χ1v) is 10.1. The Kier molecular flexibility index (Phi) is 4.84. The number of benzene rings is 1. The number of hydrogen-bond donors (Lipinski definition) is 1. The van der Waals surface area contributed by atoms with Crippen LogP contribution in [0.5, 0.6) is 0 Å². The van der Waals surface area contributed by atoms with E-state index in [9.17, 15) is 9.59 Å². The minimum absolute atomic E-state index is 0.247. The van der Waals surface area contributed by atoms with Gasteiger partial charge in [0.1, 0.15) is 0 Å². The van der Waals surface area contributed by atoms with E-state index in [1.54, 1.807) is 24.3 Å². The van der Waals surface area contributed by atoms with Gasteiger partial charge in [-0.1, -0.05) is 6.07 Å². The molecule has 0 atom stereocenters. The second-order valence-corrected chi connectivity index (χ2v) is 8.76. The SMILES string of the molecule is COC(=O)c1cccc(NC(=O)c2cc(C3CC3)nc3c2c(C)nn3C(C)(C)C)c1. The number of amides is 1. The summed E-state index contributed by atoms with van der Waals surface area (Å²) in [5, 5.41) is 8.37. The molecule has 1 aliphatic rings. The molecule has 0 unspecified atom stereocenters. The Hall–Kier alpha value is -3.22. The highest BCUT2D eigenvalue weighted by atomic mass is 16.5. The highest BCUT2D eigenvalue weighted by Gasteiger charge is 2.30. The number of methoxy groups -OCH3 is 1. The number of anilines is 1. The molecule has 0 bridgehead atoms. The van der Waals surface area contributed by atoms with E-state index < -0.39 is 5.97 Å². The van der Waals surface area contributed by atoms with Gasteiger partial charge in [-0.3, -0.25) is 4.79 Å². The topological polar surface area (TPSA) is 86.1 Å². The van der Waals surface area contributed by atoms with E-state index in [1.807, 2.05) is 17.7 Å². The molecule has 4 rings (SSSR count). The van der Waals surface area contributed by atoms with E-state index >= 15 is 0 Å². The first kappa shape index (κ1) is 20.1. The minimum atomic E-state index is -0.448. The number of nitrogens with zero attached hydrogens (tertiary/aromatic N) is 3. The van der Waals surface area contributed by atoms with Gasteiger partial charge in [0.25, 0.3) is 5.91 Å². The molecule has 1 amide bonds. The van der Waals surface area contributed by atoms with Crippen molar-refractivity contribution >= 4 is 28.6 Å². The van der Waals surface area contributed by atoms with Crippen molar-refractivity contribution in [1.82, 2.24) is 14.8 Å². The molecule has 0 saturated heterocycles. The van der Waals surface area contributed by atoms with Gasteiger partial charge in [0.15, 0.2) is 5.65 Å². The molecule has 0 spiro atoms. The Bertz CT molecular complexity index is 1150. The predicted molar refractivity (Wildman–Crippen MR) is 115 cm³/mol. The molecule has 156 valence electrons. The van der Waals surface area contributed by atoms with Gasteiger partial charge < -0.3 is 10.1 Å². The molecular weight excluding hydrogens is 380 g/mol. The summed E-state index contributed by atoms with van der Waals surface area (Å²) < 4.78 is 6.67. The van der Waals surface area contributed by atoms with E-state index in [-0.39, 0.29) is 11.4 Å². The fraction of sp³-hybridized carbons (Fsp3) is 0.391. The fourth-order valence-corrected chi connectivity index (χ4v) is 3.58. The molecule has 7 heteroatoms. The van der Waals surface area contributed by atoms with Crippen molar-refractivity contribution in [1.29, 1.82) is 0 Å². The van der Waals surface area contributed by atoms with Crippen LogP contribution in [-0.4, -0.2) is 33.8 Å². The quantitative estimate of drug-likeness (QED) is 0.649. The fourth-order valence-electron chi connectivity index (χ4n) is 3.58. The van der Waals surface area contributed by atoms with Crippen LogP contribution in [0.3, 0.4) is 0 Å². The van der Waals surface area contributed by atoms with Crippen LogP contribution >= 0.6 is 0 Å². The third kappa shape index (κ3) is 3.67. The predicted octanol–water partition coefficient (Wildman–Crippen LogP) is 4.41. The molecule has 1 aliphatic carbocycles. The number of carbonyl (C=O) groups is 2. The maximum absolute atomic E-state index is 13.3. The smallest absolute Gasteiger partial charge is 0.337 e. The van der Waals surface area contributed by atoms with Crippen molar-refractivity contribution in [3.8, 4) is 0 Å². The summed E-state index contributed by atoms with van der Waals surface area (Å²) in [6, 6.07) is 8.60. The van der Waals surface area contributed by atoms with E-state index in [0.29, 0.717) is 22.7 Å². The van der Waals surface area contributed by atoms with Crippen LogP contribution in [0.15, 0.2) is 30.3 Å². The molecule has 30 heavy (non-hydrogen) atoms. The number of carbonyl (C=O) groups excluding carboxylic acids is 2. The van der Waals surface area contributed by atoms with E-state index in [4.69, 9.17) is 14.8 Å². The van der Waals surface area contributed by atoms with Gasteiger partial charge >= 0.3 is 5.97 Å². The van der Waals surface area contributed by atoms with E-state index in [1.165, 1.54) is 7.11 Å². The third-order valence-corrected chi connectivity index (χ3v) is 5.25. The van der Waals surface area contributed by atoms with Crippen molar-refractivity contribution in [2.45, 2.75) is 52.0 Å². The van der Waals surface area contributed by atoms with Gasteiger partial charge in [0.05, 0.1) is 34.9 Å². The van der Waals surface area contributed by atoms with Crippen LogP contribution in [-0.2, 0) is 10.3 Å². The Morgan fingerprint density at radius 2 is 1.93 bits per heavy atom. The molecule has 2 aromatic heterocycles. The van der Waals surface area contributed by atoms with Crippen molar-refractivity contribution in [3.05, 3.63) is 52.8 Å². The normalized spacial score (nSPS) is 14.0. The van der Waals surface area contributed by atoms with E-state index in [2.05, 4.69) is 26.1 Å².